The fraction of sp³-hybridized carbons (Fsp3) is 1.00. The van der Waals surface area contributed by atoms with E-state index in [-0.39, 0.29) is 0 Å². The van der Waals surface area contributed by atoms with Crippen molar-refractivity contribution in [1.29, 1.82) is 0 Å². The summed E-state index contributed by atoms with van der Waals surface area (Å²) in [5.74, 6) is 0. The van der Waals surface area contributed by atoms with E-state index in [4.69, 9.17) is 4.74 Å². The minimum atomic E-state index is 0.692. The number of halogens is 2. The zero-order valence-corrected chi connectivity index (χ0v) is 16.0. The molecule has 0 saturated heterocycles. The summed E-state index contributed by atoms with van der Waals surface area (Å²) in [5.41, 5.74) is 0. The number of unbranched alkanes of at least 4 members (excludes halogenated alkanes) is 2. The molecule has 3 heteroatoms. The van der Waals surface area contributed by atoms with Crippen LogP contribution in [0.5, 0.6) is 0 Å². The highest BCUT2D eigenvalue weighted by Crippen LogP contribution is 2.17. The van der Waals surface area contributed by atoms with Gasteiger partial charge in [0, 0.05) is 22.9 Å². The van der Waals surface area contributed by atoms with Crippen LogP contribution in [0.4, 0.5) is 0 Å². The van der Waals surface area contributed by atoms with Crippen molar-refractivity contribution in [3.8, 4) is 0 Å². The van der Waals surface area contributed by atoms with Crippen molar-refractivity contribution in [2.75, 3.05) is 13.2 Å². The number of alkyl halides is 2. The van der Waals surface area contributed by atoms with Gasteiger partial charge in [0.2, 0.25) is 0 Å². The molecule has 0 bridgehead atoms. The van der Waals surface area contributed by atoms with Gasteiger partial charge in [-0.15, -0.1) is 0 Å². The highest BCUT2D eigenvalue weighted by Gasteiger charge is 2.04. The van der Waals surface area contributed by atoms with Gasteiger partial charge in [-0.25, -0.2) is 0 Å². The number of ether oxygens (including phenoxy) is 1. The van der Waals surface area contributed by atoms with E-state index in [0.717, 1.165) is 13.2 Å². The Balaban J connectivity index is 3.18. The van der Waals surface area contributed by atoms with Crippen molar-refractivity contribution in [1.82, 2.24) is 0 Å². The van der Waals surface area contributed by atoms with Gasteiger partial charge in [-0.1, -0.05) is 71.4 Å². The fourth-order valence-corrected chi connectivity index (χ4v) is 3.35. The average molecular weight is 400 g/mol. The summed E-state index contributed by atoms with van der Waals surface area (Å²) in [7, 11) is 0. The second-order valence-corrected chi connectivity index (χ2v) is 7.97. The van der Waals surface area contributed by atoms with Gasteiger partial charge < -0.3 is 4.74 Å². The van der Waals surface area contributed by atoms with Gasteiger partial charge in [0.15, 0.2) is 0 Å². The Hall–Kier alpha value is 0.920. The molecule has 0 aliphatic carbocycles. The van der Waals surface area contributed by atoms with E-state index < -0.39 is 0 Å². The molecule has 0 amide bonds. The first-order valence-corrected chi connectivity index (χ1v) is 9.89. The minimum absolute atomic E-state index is 0.692. The molecule has 0 saturated carbocycles. The quantitative estimate of drug-likeness (QED) is 0.240. The Kier molecular flexibility index (Phi) is 16.1. The molecule has 1 nitrogen and oxygen atoms in total. The van der Waals surface area contributed by atoms with Gasteiger partial charge >= 0.3 is 0 Å². The van der Waals surface area contributed by atoms with Gasteiger partial charge in [-0.05, 0) is 38.5 Å². The lowest BCUT2D eigenvalue weighted by atomic mass is 10.1. The predicted octanol–water partition coefficient (Wildman–Crippen LogP) is 6.47. The zero-order chi connectivity index (χ0) is 14.3. The van der Waals surface area contributed by atoms with E-state index in [1.54, 1.807) is 0 Å². The Morgan fingerprint density at radius 2 is 1.05 bits per heavy atom. The standard InChI is InChI=1S/C16H32Br2O/c1-3-5-9-15(17)11-7-13-19-14-8-12-16(18)10-6-4-2/h15-16H,3-14H2,1-2H3. The molecule has 0 spiro atoms. The maximum atomic E-state index is 5.70. The Labute approximate surface area is 137 Å². The third-order valence-electron chi connectivity index (χ3n) is 3.35. The molecule has 0 aromatic carbocycles. The Bertz CT molecular complexity index is 158. The first-order chi connectivity index (χ1) is 9.20. The molecule has 19 heavy (non-hydrogen) atoms. The van der Waals surface area contributed by atoms with Crippen molar-refractivity contribution in [2.24, 2.45) is 0 Å². The van der Waals surface area contributed by atoms with E-state index in [9.17, 15) is 0 Å². The third kappa shape index (κ3) is 15.1. The van der Waals surface area contributed by atoms with E-state index >= 15 is 0 Å². The second-order valence-electron chi connectivity index (χ2n) is 5.38. The van der Waals surface area contributed by atoms with Crippen LogP contribution in [-0.2, 0) is 4.74 Å². The topological polar surface area (TPSA) is 9.23 Å². The molecule has 0 radical (unpaired) electrons. The SMILES string of the molecule is CCCCC(Br)CCCOCCCC(Br)CCCC. The first-order valence-electron chi connectivity index (χ1n) is 8.06. The number of rotatable bonds is 14. The van der Waals surface area contributed by atoms with Crippen LogP contribution in [0.2, 0.25) is 0 Å². The molecular weight excluding hydrogens is 368 g/mol. The Morgan fingerprint density at radius 1 is 0.684 bits per heavy atom. The van der Waals surface area contributed by atoms with E-state index in [1.807, 2.05) is 0 Å². The highest BCUT2D eigenvalue weighted by molar-refractivity contribution is 9.09. The van der Waals surface area contributed by atoms with Crippen LogP contribution < -0.4 is 0 Å². The summed E-state index contributed by atoms with van der Waals surface area (Å²) in [6, 6.07) is 0. The minimum Gasteiger partial charge on any atom is -0.381 e. The smallest absolute Gasteiger partial charge is 0.0466 e. The molecule has 0 aromatic rings. The lowest BCUT2D eigenvalue weighted by Gasteiger charge is -2.10. The van der Waals surface area contributed by atoms with Crippen LogP contribution in [0.25, 0.3) is 0 Å². The summed E-state index contributed by atoms with van der Waals surface area (Å²) < 4.78 is 5.70. The second kappa shape index (κ2) is 15.3. The average Bonchev–Trinajstić information content (AvgIpc) is 2.41. The lowest BCUT2D eigenvalue weighted by molar-refractivity contribution is 0.126. The molecule has 0 heterocycles. The fourth-order valence-electron chi connectivity index (χ4n) is 2.06. The molecular formula is C16H32Br2O. The van der Waals surface area contributed by atoms with Crippen molar-refractivity contribution >= 4 is 31.9 Å². The first kappa shape index (κ1) is 19.9. The van der Waals surface area contributed by atoms with Gasteiger partial charge in [0.1, 0.15) is 0 Å². The highest BCUT2D eigenvalue weighted by atomic mass is 79.9. The van der Waals surface area contributed by atoms with Crippen LogP contribution in [-0.4, -0.2) is 22.9 Å². The Morgan fingerprint density at radius 3 is 1.42 bits per heavy atom. The molecule has 2 atom stereocenters. The molecule has 2 unspecified atom stereocenters. The summed E-state index contributed by atoms with van der Waals surface area (Å²) in [4.78, 5) is 1.38. The molecule has 0 rings (SSSR count). The number of hydrogen-bond acceptors (Lipinski definition) is 1. The lowest BCUT2D eigenvalue weighted by Crippen LogP contribution is -2.04. The summed E-state index contributed by atoms with van der Waals surface area (Å²) in [6.07, 6.45) is 12.7. The predicted molar refractivity (Wildman–Crippen MR) is 93.8 cm³/mol. The molecule has 0 N–H and O–H groups in total. The van der Waals surface area contributed by atoms with Crippen molar-refractivity contribution in [3.05, 3.63) is 0 Å². The molecule has 0 aliphatic rings. The summed E-state index contributed by atoms with van der Waals surface area (Å²) >= 11 is 7.49. The van der Waals surface area contributed by atoms with Crippen LogP contribution in [0.15, 0.2) is 0 Å². The van der Waals surface area contributed by atoms with Crippen molar-refractivity contribution in [2.45, 2.75) is 87.7 Å². The zero-order valence-electron chi connectivity index (χ0n) is 12.8. The van der Waals surface area contributed by atoms with Gasteiger partial charge in [0.05, 0.1) is 0 Å². The van der Waals surface area contributed by atoms with Crippen LogP contribution in [0, 0.1) is 0 Å². The number of hydrogen-bond donors (Lipinski definition) is 0. The van der Waals surface area contributed by atoms with Gasteiger partial charge in [-0.2, -0.15) is 0 Å². The molecule has 0 aromatic heterocycles. The molecule has 0 aliphatic heterocycles. The summed E-state index contributed by atoms with van der Waals surface area (Å²) in [6.45, 7) is 6.35. The van der Waals surface area contributed by atoms with Crippen LogP contribution in [0.1, 0.15) is 78.1 Å². The van der Waals surface area contributed by atoms with Crippen molar-refractivity contribution < 1.29 is 4.74 Å². The largest absolute Gasteiger partial charge is 0.381 e. The summed E-state index contributed by atoms with van der Waals surface area (Å²) in [5, 5.41) is 0. The molecule has 116 valence electrons. The van der Waals surface area contributed by atoms with E-state index in [2.05, 4.69) is 45.7 Å². The van der Waals surface area contributed by atoms with Crippen LogP contribution in [0.3, 0.4) is 0 Å². The van der Waals surface area contributed by atoms with E-state index in [1.165, 1.54) is 64.2 Å². The van der Waals surface area contributed by atoms with E-state index in [0.29, 0.717) is 9.65 Å². The monoisotopic (exact) mass is 398 g/mol. The van der Waals surface area contributed by atoms with Crippen molar-refractivity contribution in [3.63, 3.8) is 0 Å². The maximum absolute atomic E-state index is 5.70. The van der Waals surface area contributed by atoms with Gasteiger partial charge in [0.25, 0.3) is 0 Å². The van der Waals surface area contributed by atoms with Gasteiger partial charge in [-0.3, -0.25) is 0 Å². The maximum Gasteiger partial charge on any atom is 0.0466 e. The normalized spacial score (nSPS) is 14.5. The third-order valence-corrected chi connectivity index (χ3v) is 5.19. The molecule has 0 fully saturated rings. The van der Waals surface area contributed by atoms with Crippen LogP contribution >= 0.6 is 31.9 Å².